The van der Waals surface area contributed by atoms with E-state index in [-0.39, 0.29) is 12.6 Å². The largest absolute Gasteiger partial charge is 0.393 e. The molecule has 0 aliphatic carbocycles. The normalized spacial score (nSPS) is 14.5. The lowest BCUT2D eigenvalue weighted by Crippen LogP contribution is -2.42. The van der Waals surface area contributed by atoms with E-state index < -0.39 is 11.9 Å². The van der Waals surface area contributed by atoms with E-state index in [9.17, 15) is 14.7 Å². The average Bonchev–Trinajstić information content (AvgIpc) is 3.21. The molecule has 150 valence electrons. The van der Waals surface area contributed by atoms with Gasteiger partial charge in [0.15, 0.2) is 0 Å². The number of anilines is 2. The number of amides is 3. The quantitative estimate of drug-likeness (QED) is 0.570. The van der Waals surface area contributed by atoms with E-state index in [1.54, 1.807) is 11.3 Å². The number of carbonyl (C=O) groups is 2. The monoisotopic (exact) mass is 402 g/mol. The van der Waals surface area contributed by atoms with Crippen molar-refractivity contribution in [3.8, 4) is 0 Å². The minimum Gasteiger partial charge on any atom is -0.393 e. The molecule has 1 aliphatic heterocycles. The van der Waals surface area contributed by atoms with Gasteiger partial charge in [-0.3, -0.25) is 10.1 Å². The van der Waals surface area contributed by atoms with Crippen molar-refractivity contribution in [2.75, 3.05) is 36.4 Å². The number of hydrogen-bond donors (Lipinski definition) is 4. The molecule has 7 nitrogen and oxygen atoms in total. The van der Waals surface area contributed by atoms with Gasteiger partial charge < -0.3 is 20.6 Å². The lowest BCUT2D eigenvalue weighted by Gasteiger charge is -2.32. The van der Waals surface area contributed by atoms with Crippen LogP contribution in [0.4, 0.5) is 16.2 Å². The van der Waals surface area contributed by atoms with Crippen molar-refractivity contribution >= 4 is 34.6 Å². The van der Waals surface area contributed by atoms with Gasteiger partial charge in [-0.2, -0.15) is 0 Å². The van der Waals surface area contributed by atoms with Crippen LogP contribution < -0.4 is 20.9 Å². The second-order valence-electron chi connectivity index (χ2n) is 6.72. The highest BCUT2D eigenvalue weighted by Crippen LogP contribution is 2.28. The summed E-state index contributed by atoms with van der Waals surface area (Å²) in [6.07, 6.45) is 1.98. The molecular formula is C20H26N4O3S. The molecule has 0 atom stereocenters. The fourth-order valence-electron chi connectivity index (χ4n) is 3.15. The fraction of sp³-hybridized carbons (Fsp3) is 0.400. The molecule has 1 aromatic carbocycles. The number of urea groups is 1. The van der Waals surface area contributed by atoms with E-state index >= 15 is 0 Å². The Bertz CT molecular complexity index is 774. The summed E-state index contributed by atoms with van der Waals surface area (Å²) >= 11 is 1.64. The van der Waals surface area contributed by atoms with Crippen molar-refractivity contribution in [3.05, 3.63) is 46.7 Å². The smallest absolute Gasteiger partial charge is 0.321 e. The molecule has 1 saturated heterocycles. The highest BCUT2D eigenvalue weighted by Gasteiger charge is 2.19. The number of nitrogens with one attached hydrogen (secondary N) is 3. The Morgan fingerprint density at radius 1 is 1.14 bits per heavy atom. The summed E-state index contributed by atoms with van der Waals surface area (Å²) in [6.45, 7) is 2.04. The summed E-state index contributed by atoms with van der Waals surface area (Å²) in [5.74, 6) is -0.391. The third kappa shape index (κ3) is 5.97. The number of hydrogen-bond acceptors (Lipinski definition) is 6. The Labute approximate surface area is 168 Å². The number of nitrogens with zero attached hydrogens (tertiary/aromatic N) is 1. The molecule has 4 N–H and O–H groups in total. The number of aliphatic hydroxyl groups excluding tert-OH is 1. The summed E-state index contributed by atoms with van der Waals surface area (Å²) in [7, 11) is 0. The SMILES string of the molecule is O=C(CNc1ccccc1N1CCC(O)CC1)NC(=O)NCCc1cccs1. The van der Waals surface area contributed by atoms with Gasteiger partial charge in [-0.05, 0) is 42.8 Å². The molecule has 1 aromatic heterocycles. The van der Waals surface area contributed by atoms with Crippen molar-refractivity contribution in [1.29, 1.82) is 0 Å². The zero-order valence-electron chi connectivity index (χ0n) is 15.7. The van der Waals surface area contributed by atoms with E-state index in [0.717, 1.165) is 43.7 Å². The number of imide groups is 1. The van der Waals surface area contributed by atoms with Gasteiger partial charge in [0.2, 0.25) is 5.91 Å². The summed E-state index contributed by atoms with van der Waals surface area (Å²) in [6, 6.07) is 11.3. The van der Waals surface area contributed by atoms with Crippen LogP contribution in [0.1, 0.15) is 17.7 Å². The predicted octanol–water partition coefficient (Wildman–Crippen LogP) is 2.19. The number of benzene rings is 1. The molecule has 8 heteroatoms. The second kappa shape index (κ2) is 10.1. The molecule has 0 spiro atoms. The third-order valence-corrected chi connectivity index (χ3v) is 5.57. The maximum absolute atomic E-state index is 12.1. The number of rotatable bonds is 7. The van der Waals surface area contributed by atoms with E-state index in [1.807, 2.05) is 41.8 Å². The predicted molar refractivity (Wildman–Crippen MR) is 112 cm³/mol. The van der Waals surface area contributed by atoms with Gasteiger partial charge in [-0.1, -0.05) is 18.2 Å². The number of carbonyl (C=O) groups excluding carboxylic acids is 2. The van der Waals surface area contributed by atoms with Gasteiger partial charge in [-0.15, -0.1) is 11.3 Å². The van der Waals surface area contributed by atoms with Crippen molar-refractivity contribution < 1.29 is 14.7 Å². The molecule has 0 bridgehead atoms. The Kier molecular flexibility index (Phi) is 7.27. The van der Waals surface area contributed by atoms with Gasteiger partial charge in [0.1, 0.15) is 0 Å². The molecule has 28 heavy (non-hydrogen) atoms. The molecule has 2 heterocycles. The maximum Gasteiger partial charge on any atom is 0.321 e. The molecule has 1 aliphatic rings. The van der Waals surface area contributed by atoms with Crippen LogP contribution in [-0.4, -0.2) is 49.3 Å². The Morgan fingerprint density at radius 3 is 2.68 bits per heavy atom. The number of piperidine rings is 1. The summed E-state index contributed by atoms with van der Waals surface area (Å²) in [4.78, 5) is 27.3. The number of para-hydroxylation sites is 2. The fourth-order valence-corrected chi connectivity index (χ4v) is 3.86. The molecule has 1 fully saturated rings. The first-order valence-corrected chi connectivity index (χ1v) is 10.4. The minimum absolute atomic E-state index is 0.00578. The topological polar surface area (TPSA) is 93.7 Å². The molecule has 0 saturated carbocycles. The molecule has 3 amide bonds. The van der Waals surface area contributed by atoms with Crippen LogP contribution >= 0.6 is 11.3 Å². The van der Waals surface area contributed by atoms with E-state index in [2.05, 4.69) is 20.9 Å². The van der Waals surface area contributed by atoms with Crippen LogP contribution in [0.25, 0.3) is 0 Å². The second-order valence-corrected chi connectivity index (χ2v) is 7.75. The van der Waals surface area contributed by atoms with Crippen LogP contribution in [0.15, 0.2) is 41.8 Å². The maximum atomic E-state index is 12.1. The average molecular weight is 403 g/mol. The van der Waals surface area contributed by atoms with Crippen LogP contribution in [0.3, 0.4) is 0 Å². The lowest BCUT2D eigenvalue weighted by atomic mass is 10.1. The highest BCUT2D eigenvalue weighted by molar-refractivity contribution is 7.09. The van der Waals surface area contributed by atoms with E-state index in [4.69, 9.17) is 0 Å². The molecule has 0 unspecified atom stereocenters. The lowest BCUT2D eigenvalue weighted by molar-refractivity contribution is -0.118. The number of aliphatic hydroxyl groups is 1. The molecule has 0 radical (unpaired) electrons. The molecular weight excluding hydrogens is 376 g/mol. The van der Waals surface area contributed by atoms with Crippen LogP contribution in [-0.2, 0) is 11.2 Å². The standard InChI is InChI=1S/C20H26N4O3S/c25-15-8-11-24(12-9-15)18-6-2-1-5-17(18)22-14-19(26)23-20(27)21-10-7-16-4-3-13-28-16/h1-6,13,15,22,25H,7-12,14H2,(H2,21,23,26,27). The van der Waals surface area contributed by atoms with Crippen molar-refractivity contribution in [3.63, 3.8) is 0 Å². The van der Waals surface area contributed by atoms with E-state index in [0.29, 0.717) is 6.54 Å². The van der Waals surface area contributed by atoms with Crippen LogP contribution in [0, 0.1) is 0 Å². The van der Waals surface area contributed by atoms with Crippen molar-refractivity contribution in [1.82, 2.24) is 10.6 Å². The van der Waals surface area contributed by atoms with Crippen LogP contribution in [0.2, 0.25) is 0 Å². The highest BCUT2D eigenvalue weighted by atomic mass is 32.1. The van der Waals surface area contributed by atoms with Gasteiger partial charge in [0.25, 0.3) is 0 Å². The summed E-state index contributed by atoms with van der Waals surface area (Å²) in [5, 5.41) is 19.8. The summed E-state index contributed by atoms with van der Waals surface area (Å²) in [5.41, 5.74) is 1.84. The van der Waals surface area contributed by atoms with Gasteiger partial charge in [0.05, 0.1) is 24.0 Å². The Morgan fingerprint density at radius 2 is 1.93 bits per heavy atom. The number of thiophene rings is 1. The zero-order valence-corrected chi connectivity index (χ0v) is 16.5. The van der Waals surface area contributed by atoms with Gasteiger partial charge >= 0.3 is 6.03 Å². The minimum atomic E-state index is -0.485. The van der Waals surface area contributed by atoms with Crippen molar-refractivity contribution in [2.45, 2.75) is 25.4 Å². The van der Waals surface area contributed by atoms with Crippen LogP contribution in [0.5, 0.6) is 0 Å². The first-order valence-electron chi connectivity index (χ1n) is 9.48. The van der Waals surface area contributed by atoms with Gasteiger partial charge in [0, 0.05) is 24.5 Å². The first-order chi connectivity index (χ1) is 13.6. The Hall–Kier alpha value is -2.58. The van der Waals surface area contributed by atoms with E-state index in [1.165, 1.54) is 4.88 Å². The summed E-state index contributed by atoms with van der Waals surface area (Å²) < 4.78 is 0. The third-order valence-electron chi connectivity index (χ3n) is 4.64. The Balaban J connectivity index is 1.43. The molecule has 3 rings (SSSR count). The van der Waals surface area contributed by atoms with Crippen molar-refractivity contribution in [2.24, 2.45) is 0 Å². The van der Waals surface area contributed by atoms with Gasteiger partial charge in [-0.25, -0.2) is 4.79 Å². The first kappa shape index (κ1) is 20.2. The zero-order chi connectivity index (χ0) is 19.8. The molecule has 2 aromatic rings.